The van der Waals surface area contributed by atoms with E-state index in [2.05, 4.69) is 44.0 Å². The molecule has 7 heteroatoms. The molecule has 1 saturated heterocycles. The third-order valence-electron chi connectivity index (χ3n) is 4.31. The van der Waals surface area contributed by atoms with E-state index in [4.69, 9.17) is 0 Å². The van der Waals surface area contributed by atoms with E-state index in [0.717, 1.165) is 27.0 Å². The number of carbonyl (C=O) groups excluding carboxylic acids is 2. The van der Waals surface area contributed by atoms with Crippen molar-refractivity contribution < 1.29 is 9.59 Å². The van der Waals surface area contributed by atoms with E-state index in [1.807, 2.05) is 36.4 Å². The van der Waals surface area contributed by atoms with Crippen LogP contribution in [0.15, 0.2) is 61.7 Å². The molecule has 1 atom stereocenters. The standard InChI is InChI=1S/C18H15IN4O2/c19-12-6-7-13-14(9-12)22-17(21-13)15(8-11-4-2-1-3-5-11)23-16(24)10-20-18(23)25/h1-6,9,15H,7-8,10H2,(H,20,25)/t15-/m0/s1. The number of amidine groups is 1. The van der Waals surface area contributed by atoms with Crippen LogP contribution in [-0.4, -0.2) is 41.0 Å². The second-order valence-corrected chi connectivity index (χ2v) is 7.22. The van der Waals surface area contributed by atoms with Crippen molar-refractivity contribution in [3.63, 3.8) is 0 Å². The predicted molar refractivity (Wildman–Crippen MR) is 104 cm³/mol. The van der Waals surface area contributed by atoms with E-state index in [-0.39, 0.29) is 18.5 Å². The van der Waals surface area contributed by atoms with Crippen molar-refractivity contribution in [1.29, 1.82) is 0 Å². The molecule has 2 aliphatic heterocycles. The van der Waals surface area contributed by atoms with E-state index in [0.29, 0.717) is 12.3 Å². The van der Waals surface area contributed by atoms with E-state index in [1.54, 1.807) is 0 Å². The van der Waals surface area contributed by atoms with Crippen LogP contribution in [0.1, 0.15) is 12.0 Å². The van der Waals surface area contributed by atoms with Gasteiger partial charge in [-0.05, 0) is 34.2 Å². The summed E-state index contributed by atoms with van der Waals surface area (Å²) >= 11 is 2.25. The number of amides is 3. The monoisotopic (exact) mass is 446 g/mol. The smallest absolute Gasteiger partial charge is 0.325 e. The summed E-state index contributed by atoms with van der Waals surface area (Å²) in [5, 5.41) is 2.59. The molecule has 3 amide bonds. The third-order valence-corrected chi connectivity index (χ3v) is 5.06. The highest BCUT2D eigenvalue weighted by Gasteiger charge is 2.39. The Hall–Kier alpha value is -2.29. The van der Waals surface area contributed by atoms with Gasteiger partial charge >= 0.3 is 6.03 Å². The lowest BCUT2D eigenvalue weighted by Crippen LogP contribution is -2.46. The van der Waals surface area contributed by atoms with Crippen LogP contribution in [0, 0.1) is 0 Å². The summed E-state index contributed by atoms with van der Waals surface area (Å²) in [4.78, 5) is 35.0. The average molecular weight is 446 g/mol. The second kappa shape index (κ2) is 6.55. The molecule has 126 valence electrons. The molecule has 0 spiro atoms. The molecule has 1 aliphatic carbocycles. The number of benzene rings is 1. The minimum atomic E-state index is -0.505. The molecule has 2 heterocycles. The lowest BCUT2D eigenvalue weighted by atomic mass is 10.0. The molecule has 25 heavy (non-hydrogen) atoms. The van der Waals surface area contributed by atoms with Crippen molar-refractivity contribution in [3.05, 3.63) is 57.3 Å². The van der Waals surface area contributed by atoms with Crippen molar-refractivity contribution in [3.8, 4) is 0 Å². The Morgan fingerprint density at radius 1 is 1.20 bits per heavy atom. The zero-order valence-electron chi connectivity index (χ0n) is 13.3. The molecule has 0 saturated carbocycles. The molecular formula is C18H15IN4O2. The lowest BCUT2D eigenvalue weighted by Gasteiger charge is -2.24. The topological polar surface area (TPSA) is 74.1 Å². The molecule has 1 aromatic carbocycles. The first kappa shape index (κ1) is 16.2. The number of nitrogens with zero attached hydrogens (tertiary/aromatic N) is 3. The Morgan fingerprint density at radius 3 is 2.72 bits per heavy atom. The maximum absolute atomic E-state index is 12.3. The Bertz CT molecular complexity index is 854. The first-order chi connectivity index (χ1) is 12.1. The predicted octanol–water partition coefficient (Wildman–Crippen LogP) is 2.61. The van der Waals surface area contributed by atoms with Crippen molar-refractivity contribution in [2.45, 2.75) is 18.9 Å². The van der Waals surface area contributed by atoms with Crippen LogP contribution in [0.25, 0.3) is 0 Å². The summed E-state index contributed by atoms with van der Waals surface area (Å²) in [6, 6.07) is 8.88. The summed E-state index contributed by atoms with van der Waals surface area (Å²) in [6.07, 6.45) is 5.27. The molecule has 0 radical (unpaired) electrons. The first-order valence-electron chi connectivity index (χ1n) is 7.99. The number of urea groups is 1. The van der Waals surface area contributed by atoms with Gasteiger partial charge in [-0.3, -0.25) is 9.69 Å². The highest BCUT2D eigenvalue weighted by atomic mass is 127. The zero-order chi connectivity index (χ0) is 17.4. The molecule has 4 rings (SSSR count). The molecule has 6 nitrogen and oxygen atoms in total. The Labute approximate surface area is 158 Å². The van der Waals surface area contributed by atoms with Crippen molar-refractivity contribution in [2.24, 2.45) is 9.98 Å². The van der Waals surface area contributed by atoms with Crippen LogP contribution >= 0.6 is 22.6 Å². The number of aliphatic imine (C=N–C) groups is 2. The summed E-state index contributed by atoms with van der Waals surface area (Å²) in [5.74, 6) is 0.278. The normalized spacial score (nSPS) is 20.4. The van der Waals surface area contributed by atoms with Gasteiger partial charge in [-0.1, -0.05) is 36.4 Å². The summed E-state index contributed by atoms with van der Waals surface area (Å²) in [6.45, 7) is 0.0239. The highest BCUT2D eigenvalue weighted by molar-refractivity contribution is 14.1. The van der Waals surface area contributed by atoms with Crippen LogP contribution in [0.5, 0.6) is 0 Å². The average Bonchev–Trinajstić information content (AvgIpc) is 3.17. The number of imide groups is 1. The largest absolute Gasteiger partial charge is 0.329 e. The molecule has 0 unspecified atom stereocenters. The van der Waals surface area contributed by atoms with Gasteiger partial charge in [0.05, 0.1) is 18.0 Å². The van der Waals surface area contributed by atoms with Gasteiger partial charge in [0.1, 0.15) is 6.04 Å². The molecular weight excluding hydrogens is 431 g/mol. The SMILES string of the molecule is O=C1CNC(=O)N1[C@@H](Cc1ccccc1)C1=NC2=CC(I)=CCC2=N1. The fourth-order valence-electron chi connectivity index (χ4n) is 3.09. The number of rotatable bonds is 4. The molecule has 1 N–H and O–H groups in total. The Morgan fingerprint density at radius 2 is 2.00 bits per heavy atom. The van der Waals surface area contributed by atoms with Crippen LogP contribution in [-0.2, 0) is 11.2 Å². The van der Waals surface area contributed by atoms with Crippen LogP contribution in [0.4, 0.5) is 4.79 Å². The summed E-state index contributed by atoms with van der Waals surface area (Å²) in [5.41, 5.74) is 2.74. The third kappa shape index (κ3) is 3.15. The second-order valence-electron chi connectivity index (χ2n) is 5.98. The highest BCUT2D eigenvalue weighted by Crippen LogP contribution is 2.27. The van der Waals surface area contributed by atoms with Gasteiger partial charge in [0, 0.05) is 16.4 Å². The van der Waals surface area contributed by atoms with Crippen LogP contribution in [0.2, 0.25) is 0 Å². The minimum absolute atomic E-state index is 0.0239. The van der Waals surface area contributed by atoms with Gasteiger partial charge in [0.2, 0.25) is 0 Å². The minimum Gasteiger partial charge on any atom is -0.329 e. The van der Waals surface area contributed by atoms with Gasteiger partial charge in [0.25, 0.3) is 5.91 Å². The summed E-state index contributed by atoms with van der Waals surface area (Å²) in [7, 11) is 0. The number of fused-ring (bicyclic) bond motifs is 1. The molecule has 3 aliphatic rings. The van der Waals surface area contributed by atoms with Crippen molar-refractivity contribution in [2.75, 3.05) is 6.54 Å². The van der Waals surface area contributed by atoms with Crippen LogP contribution < -0.4 is 5.32 Å². The van der Waals surface area contributed by atoms with Gasteiger partial charge < -0.3 is 5.32 Å². The van der Waals surface area contributed by atoms with Gasteiger partial charge in [-0.25, -0.2) is 14.8 Å². The van der Waals surface area contributed by atoms with E-state index in [1.165, 1.54) is 4.90 Å². The number of hydrogen-bond acceptors (Lipinski definition) is 4. The Balaban J connectivity index is 1.70. The van der Waals surface area contributed by atoms with Gasteiger partial charge in [0.15, 0.2) is 5.84 Å². The maximum Gasteiger partial charge on any atom is 0.325 e. The van der Waals surface area contributed by atoms with E-state index < -0.39 is 6.04 Å². The fourth-order valence-corrected chi connectivity index (χ4v) is 3.61. The number of carbonyl (C=O) groups is 2. The quantitative estimate of drug-likeness (QED) is 0.571. The number of halogens is 1. The number of hydrogen-bond donors (Lipinski definition) is 1. The van der Waals surface area contributed by atoms with Crippen molar-refractivity contribution in [1.82, 2.24) is 10.2 Å². The Kier molecular flexibility index (Phi) is 4.24. The van der Waals surface area contributed by atoms with E-state index in [9.17, 15) is 9.59 Å². The van der Waals surface area contributed by atoms with Gasteiger partial charge in [-0.15, -0.1) is 0 Å². The maximum atomic E-state index is 12.3. The van der Waals surface area contributed by atoms with Crippen molar-refractivity contribution >= 4 is 46.1 Å². The fraction of sp³-hybridized carbons (Fsp3) is 0.222. The summed E-state index contributed by atoms with van der Waals surface area (Å²) < 4.78 is 1.12. The molecule has 0 aromatic heterocycles. The van der Waals surface area contributed by atoms with Crippen LogP contribution in [0.3, 0.4) is 0 Å². The molecule has 1 fully saturated rings. The molecule has 1 aromatic rings. The zero-order valence-corrected chi connectivity index (χ0v) is 15.4. The van der Waals surface area contributed by atoms with E-state index >= 15 is 0 Å². The van der Waals surface area contributed by atoms with Gasteiger partial charge in [-0.2, -0.15) is 0 Å². The lowest BCUT2D eigenvalue weighted by molar-refractivity contribution is -0.125. The number of allylic oxidation sites excluding steroid dienone is 4. The molecule has 0 bridgehead atoms. The number of nitrogens with one attached hydrogen (secondary N) is 1. The first-order valence-corrected chi connectivity index (χ1v) is 9.07.